The smallest absolute Gasteiger partial charge is 0.250 e. The second-order valence-electron chi connectivity index (χ2n) is 9.12. The predicted molar refractivity (Wildman–Crippen MR) is 137 cm³/mol. The molecular formula is C28H30N4O4. The molecule has 1 heterocycles. The largest absolute Gasteiger partial charge is 0.508 e. The molecule has 3 aromatic carbocycles. The first-order chi connectivity index (χ1) is 17.2. The Morgan fingerprint density at radius 1 is 1.06 bits per heavy atom. The molecule has 0 unspecified atom stereocenters. The van der Waals surface area contributed by atoms with Crippen molar-refractivity contribution in [2.24, 2.45) is 5.73 Å². The number of rotatable bonds is 7. The Morgan fingerprint density at radius 2 is 1.69 bits per heavy atom. The Balaban J connectivity index is 1.49. The van der Waals surface area contributed by atoms with Crippen molar-refractivity contribution in [1.29, 1.82) is 0 Å². The number of nitrogens with one attached hydrogen (secondary N) is 2. The predicted octanol–water partition coefficient (Wildman–Crippen LogP) is 2.72. The van der Waals surface area contributed by atoms with Crippen molar-refractivity contribution < 1.29 is 19.5 Å². The third kappa shape index (κ3) is 5.55. The number of nitrogens with two attached hydrogens (primary N) is 1. The van der Waals surface area contributed by atoms with Crippen molar-refractivity contribution in [3.63, 3.8) is 0 Å². The maximum atomic E-state index is 13.4. The maximum Gasteiger partial charge on any atom is 0.250 e. The summed E-state index contributed by atoms with van der Waals surface area (Å²) in [6.45, 7) is 3.83. The third-order valence-corrected chi connectivity index (χ3v) is 6.41. The summed E-state index contributed by atoms with van der Waals surface area (Å²) in [5.74, 6) is -0.998. The number of phenolic OH excluding ortho intramolecular Hbond substituents is 1. The fourth-order valence-corrected chi connectivity index (χ4v) is 4.58. The standard InChI is InChI=1S/C28H30N4O4/c1-17-12-21(33)13-18(2)23(17)14-24(29)27(35)31-26-22-11-7-6-8-19(22)15-32(28(26)36)16-25(34)30-20-9-4-3-5-10-20/h3-13,24,26,33H,14-16,29H2,1-2H3,(H,30,34)(H,31,35)/t24-,26-/m0/s1. The molecule has 0 aliphatic carbocycles. The van der Waals surface area contributed by atoms with Crippen molar-refractivity contribution in [2.45, 2.75) is 38.9 Å². The van der Waals surface area contributed by atoms with Crippen molar-refractivity contribution in [3.05, 3.63) is 94.5 Å². The normalized spacial score (nSPS) is 15.7. The van der Waals surface area contributed by atoms with Crippen LogP contribution in [0, 0.1) is 13.8 Å². The van der Waals surface area contributed by atoms with Crippen molar-refractivity contribution >= 4 is 23.4 Å². The first kappa shape index (κ1) is 24.9. The van der Waals surface area contributed by atoms with Gasteiger partial charge < -0.3 is 26.4 Å². The average molecular weight is 487 g/mol. The minimum Gasteiger partial charge on any atom is -0.508 e. The monoisotopic (exact) mass is 486 g/mol. The number of aromatic hydroxyl groups is 1. The summed E-state index contributed by atoms with van der Waals surface area (Å²) >= 11 is 0. The van der Waals surface area contributed by atoms with E-state index in [9.17, 15) is 19.5 Å². The lowest BCUT2D eigenvalue weighted by atomic mass is 9.93. The van der Waals surface area contributed by atoms with E-state index in [0.717, 1.165) is 22.3 Å². The number of amides is 3. The van der Waals surface area contributed by atoms with Crippen LogP contribution in [0.1, 0.15) is 33.9 Å². The van der Waals surface area contributed by atoms with Gasteiger partial charge in [0.1, 0.15) is 18.3 Å². The topological polar surface area (TPSA) is 125 Å². The number of anilines is 1. The molecular weight excluding hydrogens is 456 g/mol. The zero-order chi connectivity index (χ0) is 25.8. The number of hydrogen-bond acceptors (Lipinski definition) is 5. The van der Waals surface area contributed by atoms with E-state index in [0.29, 0.717) is 11.3 Å². The molecule has 8 nitrogen and oxygen atoms in total. The van der Waals surface area contributed by atoms with E-state index < -0.39 is 18.0 Å². The SMILES string of the molecule is Cc1cc(O)cc(C)c1C[C@H](N)C(=O)N[C@@H]1C(=O)N(CC(=O)Nc2ccccc2)Cc2ccccc21. The van der Waals surface area contributed by atoms with Crippen molar-refractivity contribution in [1.82, 2.24) is 10.2 Å². The van der Waals surface area contributed by atoms with Gasteiger partial charge in [0, 0.05) is 12.2 Å². The molecule has 0 radical (unpaired) electrons. The van der Waals surface area contributed by atoms with Gasteiger partial charge in [-0.25, -0.2) is 0 Å². The zero-order valence-corrected chi connectivity index (χ0v) is 20.3. The highest BCUT2D eigenvalue weighted by Crippen LogP contribution is 2.28. The van der Waals surface area contributed by atoms with Crippen LogP contribution in [-0.4, -0.2) is 40.3 Å². The van der Waals surface area contributed by atoms with Crippen LogP contribution in [0.15, 0.2) is 66.7 Å². The summed E-state index contributed by atoms with van der Waals surface area (Å²) in [4.78, 5) is 40.6. The Hall–Kier alpha value is -4.17. The summed E-state index contributed by atoms with van der Waals surface area (Å²) in [7, 11) is 0. The second-order valence-corrected chi connectivity index (χ2v) is 9.12. The zero-order valence-electron chi connectivity index (χ0n) is 20.3. The molecule has 2 atom stereocenters. The Labute approximate surface area is 210 Å². The number of carbonyl (C=O) groups excluding carboxylic acids is 3. The van der Waals surface area contributed by atoms with Crippen molar-refractivity contribution in [3.8, 4) is 5.75 Å². The van der Waals surface area contributed by atoms with E-state index in [1.54, 1.807) is 30.3 Å². The van der Waals surface area contributed by atoms with Gasteiger partial charge in [-0.1, -0.05) is 42.5 Å². The summed E-state index contributed by atoms with van der Waals surface area (Å²) in [6, 6.07) is 17.8. The summed E-state index contributed by atoms with van der Waals surface area (Å²) < 4.78 is 0. The molecule has 0 fully saturated rings. The molecule has 0 spiro atoms. The first-order valence-corrected chi connectivity index (χ1v) is 11.8. The van der Waals surface area contributed by atoms with Crippen LogP contribution < -0.4 is 16.4 Å². The number of hydrogen-bond donors (Lipinski definition) is 4. The number of phenols is 1. The summed E-state index contributed by atoms with van der Waals surface area (Å²) in [5, 5.41) is 15.4. The number of para-hydroxylation sites is 1. The van der Waals surface area contributed by atoms with Gasteiger partial charge in [-0.15, -0.1) is 0 Å². The van der Waals surface area contributed by atoms with Crippen LogP contribution in [-0.2, 0) is 27.3 Å². The number of benzene rings is 3. The van der Waals surface area contributed by atoms with Gasteiger partial charge in [-0.3, -0.25) is 14.4 Å². The van der Waals surface area contributed by atoms with Crippen LogP contribution in [0.4, 0.5) is 5.69 Å². The van der Waals surface area contributed by atoms with Crippen LogP contribution in [0.25, 0.3) is 0 Å². The van der Waals surface area contributed by atoms with Gasteiger partial charge in [0.2, 0.25) is 11.8 Å². The molecule has 5 N–H and O–H groups in total. The summed E-state index contributed by atoms with van der Waals surface area (Å²) in [5.41, 5.74) is 11.0. The molecule has 4 rings (SSSR count). The van der Waals surface area contributed by atoms with E-state index in [-0.39, 0.29) is 37.1 Å². The lowest BCUT2D eigenvalue weighted by molar-refractivity contribution is -0.140. The molecule has 0 bridgehead atoms. The molecule has 8 heteroatoms. The maximum absolute atomic E-state index is 13.4. The molecule has 0 saturated carbocycles. The van der Waals surface area contributed by atoms with Gasteiger partial charge in [0.15, 0.2) is 0 Å². The molecule has 3 amide bonds. The molecule has 186 valence electrons. The minimum atomic E-state index is -0.944. The molecule has 0 saturated heterocycles. The molecule has 0 aromatic heterocycles. The Morgan fingerprint density at radius 3 is 2.39 bits per heavy atom. The van der Waals surface area contributed by atoms with Gasteiger partial charge in [-0.2, -0.15) is 0 Å². The molecule has 3 aromatic rings. The average Bonchev–Trinajstić information content (AvgIpc) is 2.84. The van der Waals surface area contributed by atoms with Gasteiger partial charge >= 0.3 is 0 Å². The van der Waals surface area contributed by atoms with E-state index in [1.165, 1.54) is 4.90 Å². The van der Waals surface area contributed by atoms with E-state index >= 15 is 0 Å². The number of fused-ring (bicyclic) bond motifs is 1. The van der Waals surface area contributed by atoms with E-state index in [4.69, 9.17) is 5.73 Å². The lowest BCUT2D eigenvalue weighted by Crippen LogP contribution is -2.52. The number of carbonyl (C=O) groups is 3. The number of nitrogens with zero attached hydrogens (tertiary/aromatic N) is 1. The van der Waals surface area contributed by atoms with Crippen LogP contribution >= 0.6 is 0 Å². The van der Waals surface area contributed by atoms with Crippen LogP contribution in [0.5, 0.6) is 5.75 Å². The van der Waals surface area contributed by atoms with Crippen molar-refractivity contribution in [2.75, 3.05) is 11.9 Å². The number of aryl methyl sites for hydroxylation is 2. The fourth-order valence-electron chi connectivity index (χ4n) is 4.58. The quantitative estimate of drug-likeness (QED) is 0.409. The van der Waals surface area contributed by atoms with Crippen LogP contribution in [0.3, 0.4) is 0 Å². The third-order valence-electron chi connectivity index (χ3n) is 6.41. The Bertz CT molecular complexity index is 1270. The Kier molecular flexibility index (Phi) is 7.36. The molecule has 1 aliphatic rings. The highest BCUT2D eigenvalue weighted by Gasteiger charge is 2.35. The fraction of sp³-hybridized carbons (Fsp3) is 0.250. The van der Waals surface area contributed by atoms with Gasteiger partial charge in [-0.05, 0) is 72.4 Å². The highest BCUT2D eigenvalue weighted by molar-refractivity contribution is 5.97. The van der Waals surface area contributed by atoms with Gasteiger partial charge in [0.25, 0.3) is 5.91 Å². The summed E-state index contributed by atoms with van der Waals surface area (Å²) in [6.07, 6.45) is 0.259. The first-order valence-electron chi connectivity index (χ1n) is 11.8. The highest BCUT2D eigenvalue weighted by atomic mass is 16.3. The van der Waals surface area contributed by atoms with Gasteiger partial charge in [0.05, 0.1) is 6.04 Å². The molecule has 36 heavy (non-hydrogen) atoms. The van der Waals surface area contributed by atoms with E-state index in [2.05, 4.69) is 10.6 Å². The molecule has 1 aliphatic heterocycles. The second kappa shape index (κ2) is 10.6. The van der Waals surface area contributed by atoms with E-state index in [1.807, 2.05) is 50.2 Å². The lowest BCUT2D eigenvalue weighted by Gasteiger charge is -2.34. The van der Waals surface area contributed by atoms with Crippen LogP contribution in [0.2, 0.25) is 0 Å². The minimum absolute atomic E-state index is 0.146.